The molecule has 3 aromatic rings. The summed E-state index contributed by atoms with van der Waals surface area (Å²) in [4.78, 5) is 27.9. The Bertz CT molecular complexity index is 1060. The second-order valence-electron chi connectivity index (χ2n) is 7.88. The highest BCUT2D eigenvalue weighted by atomic mass is 35.5. The van der Waals surface area contributed by atoms with Crippen molar-refractivity contribution in [2.24, 2.45) is 0 Å². The first-order chi connectivity index (χ1) is 15.9. The topological polar surface area (TPSA) is 75.2 Å². The van der Waals surface area contributed by atoms with Crippen LogP contribution in [-0.4, -0.2) is 39.5 Å². The van der Waals surface area contributed by atoms with E-state index in [1.807, 2.05) is 68.1 Å². The molecule has 33 heavy (non-hydrogen) atoms. The van der Waals surface area contributed by atoms with Crippen molar-refractivity contribution in [1.29, 1.82) is 0 Å². The predicted octanol–water partition coefficient (Wildman–Crippen LogP) is 6.01. The summed E-state index contributed by atoms with van der Waals surface area (Å²) in [6.07, 6.45) is 1.72. The number of aromatic nitrogens is 2. The minimum absolute atomic E-state index is 0.0427. The molecule has 2 amide bonds. The second-order valence-corrected chi connectivity index (χ2v) is 9.29. The van der Waals surface area contributed by atoms with Gasteiger partial charge in [-0.2, -0.15) is 0 Å². The van der Waals surface area contributed by atoms with Gasteiger partial charge < -0.3 is 10.2 Å². The Kier molecular flexibility index (Phi) is 8.97. The van der Waals surface area contributed by atoms with Crippen LogP contribution in [0, 0.1) is 0 Å². The van der Waals surface area contributed by atoms with Crippen LogP contribution in [-0.2, 0) is 9.59 Å². The smallest absolute Gasteiger partial charge is 0.230 e. The monoisotopic (exact) mass is 484 g/mol. The molecule has 1 aromatic heterocycles. The number of hydrogen-bond acceptors (Lipinski definition) is 5. The van der Waals surface area contributed by atoms with Gasteiger partial charge in [0.15, 0.2) is 0 Å². The van der Waals surface area contributed by atoms with Crippen molar-refractivity contribution in [3.8, 4) is 10.6 Å². The first-order valence-electron chi connectivity index (χ1n) is 11.2. The SMILES string of the molecule is CC[C@@H](C)N(CCC(=O)Nc1nnc(-c2ccc(Cl)cc2)s1)C(=O)[C@H](CC)c1ccccc1. The summed E-state index contributed by atoms with van der Waals surface area (Å²) in [6.45, 7) is 6.45. The molecule has 0 aliphatic carbocycles. The van der Waals surface area contributed by atoms with Gasteiger partial charge in [0, 0.05) is 29.6 Å². The van der Waals surface area contributed by atoms with E-state index in [4.69, 9.17) is 11.6 Å². The minimum Gasteiger partial charge on any atom is -0.339 e. The van der Waals surface area contributed by atoms with Gasteiger partial charge in [0.25, 0.3) is 0 Å². The molecule has 0 saturated heterocycles. The summed E-state index contributed by atoms with van der Waals surface area (Å²) in [5, 5.41) is 12.8. The van der Waals surface area contributed by atoms with Crippen LogP contribution >= 0.6 is 22.9 Å². The Balaban J connectivity index is 1.63. The van der Waals surface area contributed by atoms with E-state index in [1.54, 1.807) is 12.1 Å². The first-order valence-corrected chi connectivity index (χ1v) is 12.4. The fourth-order valence-electron chi connectivity index (χ4n) is 3.59. The summed E-state index contributed by atoms with van der Waals surface area (Å²) in [6, 6.07) is 17.2. The van der Waals surface area contributed by atoms with Crippen LogP contribution in [0.15, 0.2) is 54.6 Å². The number of rotatable bonds is 10. The zero-order valence-electron chi connectivity index (χ0n) is 19.1. The molecule has 8 heteroatoms. The maximum atomic E-state index is 13.4. The molecule has 1 N–H and O–H groups in total. The molecule has 0 unspecified atom stereocenters. The molecule has 0 fully saturated rings. The van der Waals surface area contributed by atoms with E-state index >= 15 is 0 Å². The number of nitrogens with one attached hydrogen (secondary N) is 1. The summed E-state index contributed by atoms with van der Waals surface area (Å²) in [5.41, 5.74) is 1.89. The van der Waals surface area contributed by atoms with Gasteiger partial charge in [0.1, 0.15) is 5.01 Å². The largest absolute Gasteiger partial charge is 0.339 e. The van der Waals surface area contributed by atoms with Crippen molar-refractivity contribution in [3.63, 3.8) is 0 Å². The number of benzene rings is 2. The Morgan fingerprint density at radius 3 is 2.36 bits per heavy atom. The minimum atomic E-state index is -0.214. The molecule has 0 saturated carbocycles. The van der Waals surface area contributed by atoms with E-state index in [2.05, 4.69) is 15.5 Å². The molecule has 0 aliphatic rings. The average molecular weight is 485 g/mol. The first kappa shape index (κ1) is 24.9. The van der Waals surface area contributed by atoms with Crippen LogP contribution in [0.2, 0.25) is 5.02 Å². The number of hydrogen-bond donors (Lipinski definition) is 1. The third-order valence-corrected chi connectivity index (χ3v) is 6.80. The highest BCUT2D eigenvalue weighted by Gasteiger charge is 2.27. The molecule has 2 atom stereocenters. The van der Waals surface area contributed by atoms with Gasteiger partial charge in [0.2, 0.25) is 16.9 Å². The van der Waals surface area contributed by atoms with Gasteiger partial charge in [-0.05, 0) is 37.5 Å². The lowest BCUT2D eigenvalue weighted by atomic mass is 9.94. The molecular formula is C25H29ClN4O2S. The lowest BCUT2D eigenvalue weighted by Crippen LogP contribution is -2.42. The number of amides is 2. The van der Waals surface area contributed by atoms with Crippen molar-refractivity contribution in [3.05, 3.63) is 65.2 Å². The summed E-state index contributed by atoms with van der Waals surface area (Å²) in [5.74, 6) is -0.345. The Labute approximate surface area is 204 Å². The third-order valence-electron chi connectivity index (χ3n) is 5.66. The number of carbonyl (C=O) groups excluding carboxylic acids is 2. The lowest BCUT2D eigenvalue weighted by Gasteiger charge is -2.32. The second kappa shape index (κ2) is 11.9. The fourth-order valence-corrected chi connectivity index (χ4v) is 4.48. The van der Waals surface area contributed by atoms with Gasteiger partial charge in [-0.25, -0.2) is 0 Å². The lowest BCUT2D eigenvalue weighted by molar-refractivity contribution is -0.135. The standard InChI is InChI=1S/C25H29ClN4O2S/c1-4-17(3)30(24(32)21(5-2)18-9-7-6-8-10-18)16-15-22(31)27-25-29-28-23(33-25)19-11-13-20(26)14-12-19/h6-14,17,21H,4-5,15-16H2,1-3H3,(H,27,29,31)/t17-,21-/m1/s1. The van der Waals surface area contributed by atoms with E-state index in [-0.39, 0.29) is 30.2 Å². The van der Waals surface area contributed by atoms with Crippen molar-refractivity contribution >= 4 is 39.9 Å². The highest BCUT2D eigenvalue weighted by molar-refractivity contribution is 7.18. The van der Waals surface area contributed by atoms with E-state index in [0.29, 0.717) is 28.1 Å². The molecule has 0 spiro atoms. The normalized spacial score (nSPS) is 12.7. The zero-order valence-corrected chi connectivity index (χ0v) is 20.7. The number of halogens is 1. The van der Waals surface area contributed by atoms with Crippen molar-refractivity contribution in [2.45, 2.75) is 52.0 Å². The highest BCUT2D eigenvalue weighted by Crippen LogP contribution is 2.28. The van der Waals surface area contributed by atoms with Gasteiger partial charge in [-0.3, -0.25) is 9.59 Å². The van der Waals surface area contributed by atoms with Gasteiger partial charge >= 0.3 is 0 Å². The summed E-state index contributed by atoms with van der Waals surface area (Å²) >= 11 is 7.23. The van der Waals surface area contributed by atoms with Crippen LogP contribution in [0.25, 0.3) is 10.6 Å². The predicted molar refractivity (Wildman–Crippen MR) is 135 cm³/mol. The molecule has 0 bridgehead atoms. The van der Waals surface area contributed by atoms with Crippen LogP contribution in [0.1, 0.15) is 51.5 Å². The van der Waals surface area contributed by atoms with E-state index < -0.39 is 0 Å². The van der Waals surface area contributed by atoms with Crippen LogP contribution in [0.5, 0.6) is 0 Å². The molecule has 0 radical (unpaired) electrons. The molecule has 174 valence electrons. The number of carbonyl (C=O) groups is 2. The van der Waals surface area contributed by atoms with Crippen LogP contribution < -0.4 is 5.32 Å². The third kappa shape index (κ3) is 6.62. The van der Waals surface area contributed by atoms with E-state index in [1.165, 1.54) is 11.3 Å². The molecular weight excluding hydrogens is 456 g/mol. The van der Waals surface area contributed by atoms with E-state index in [9.17, 15) is 9.59 Å². The summed E-state index contributed by atoms with van der Waals surface area (Å²) < 4.78 is 0. The van der Waals surface area contributed by atoms with Crippen molar-refractivity contribution in [2.75, 3.05) is 11.9 Å². The molecule has 1 heterocycles. The van der Waals surface area contributed by atoms with E-state index in [0.717, 1.165) is 17.5 Å². The zero-order chi connectivity index (χ0) is 23.8. The Morgan fingerprint density at radius 2 is 1.73 bits per heavy atom. The Morgan fingerprint density at radius 1 is 1.03 bits per heavy atom. The quantitative estimate of drug-likeness (QED) is 0.382. The number of anilines is 1. The maximum Gasteiger partial charge on any atom is 0.230 e. The van der Waals surface area contributed by atoms with Crippen LogP contribution in [0.4, 0.5) is 5.13 Å². The molecule has 0 aliphatic heterocycles. The maximum absolute atomic E-state index is 13.4. The van der Waals surface area contributed by atoms with Crippen molar-refractivity contribution in [1.82, 2.24) is 15.1 Å². The fraction of sp³-hybridized carbons (Fsp3) is 0.360. The van der Waals surface area contributed by atoms with Gasteiger partial charge in [0.05, 0.1) is 5.92 Å². The van der Waals surface area contributed by atoms with Crippen molar-refractivity contribution < 1.29 is 9.59 Å². The van der Waals surface area contributed by atoms with Crippen LogP contribution in [0.3, 0.4) is 0 Å². The molecule has 2 aromatic carbocycles. The van der Waals surface area contributed by atoms with Gasteiger partial charge in [-0.1, -0.05) is 79.2 Å². The average Bonchev–Trinajstić information content (AvgIpc) is 3.29. The summed E-state index contributed by atoms with van der Waals surface area (Å²) in [7, 11) is 0. The van der Waals surface area contributed by atoms with Gasteiger partial charge in [-0.15, -0.1) is 10.2 Å². The molecule has 6 nitrogen and oxygen atoms in total. The molecule has 3 rings (SSSR count). The number of nitrogens with zero attached hydrogens (tertiary/aromatic N) is 3. The Hall–Kier alpha value is -2.77.